The van der Waals surface area contributed by atoms with E-state index in [1.54, 1.807) is 60.6 Å². The number of hydrogen-bond donors (Lipinski definition) is 0. The van der Waals surface area contributed by atoms with Gasteiger partial charge in [-0.15, -0.1) is 0 Å². The molecule has 0 radical (unpaired) electrons. The smallest absolute Gasteiger partial charge is 0.335 e. The molecule has 0 amide bonds. The summed E-state index contributed by atoms with van der Waals surface area (Å²) in [4.78, 5) is 23.5. The molecule has 5 nitrogen and oxygen atoms in total. The first-order chi connectivity index (χ1) is 9.81. The average molecular weight is 310 g/mol. The molecule has 0 spiro atoms. The van der Waals surface area contributed by atoms with E-state index in [1.165, 1.54) is 6.08 Å². The minimum Gasteiger partial charge on any atom is -0.480 e. The van der Waals surface area contributed by atoms with Crippen molar-refractivity contribution in [2.24, 2.45) is 5.41 Å². The third kappa shape index (κ3) is 5.92. The van der Waals surface area contributed by atoms with Gasteiger partial charge in [0, 0.05) is 0 Å². The van der Waals surface area contributed by atoms with Crippen LogP contribution in [0.3, 0.4) is 0 Å². The number of ether oxygens (including phenoxy) is 3. The molecule has 0 saturated carbocycles. The van der Waals surface area contributed by atoms with Crippen LogP contribution < -0.4 is 0 Å². The van der Waals surface area contributed by atoms with Crippen LogP contribution in [0.5, 0.6) is 0 Å². The lowest BCUT2D eigenvalue weighted by Crippen LogP contribution is -2.33. The monoisotopic (exact) mass is 310 g/mol. The molecule has 1 heterocycles. The Morgan fingerprint density at radius 2 is 1.82 bits per heavy atom. The summed E-state index contributed by atoms with van der Waals surface area (Å²) >= 11 is 0. The molecule has 0 aromatic heterocycles. The van der Waals surface area contributed by atoms with Crippen LogP contribution in [-0.2, 0) is 23.8 Å². The molecule has 5 heteroatoms. The summed E-state index contributed by atoms with van der Waals surface area (Å²) in [6.45, 7) is 12.6. The van der Waals surface area contributed by atoms with Crippen molar-refractivity contribution in [1.82, 2.24) is 0 Å². The highest BCUT2D eigenvalue weighted by atomic mass is 16.6. The molecular formula is C17H26O5. The average Bonchev–Trinajstić information content (AvgIpc) is 2.64. The van der Waals surface area contributed by atoms with Gasteiger partial charge in [0.05, 0.1) is 11.5 Å². The Kier molecular flexibility index (Phi) is 5.10. The van der Waals surface area contributed by atoms with Gasteiger partial charge in [0.2, 0.25) is 0 Å². The SMILES string of the molecule is CC(C)(C)OC(=O)/C=C1\C=C[C@@](C)(COC(=O)C(C)(C)C)O1. The molecule has 0 aromatic rings. The van der Waals surface area contributed by atoms with Crippen LogP contribution in [0.2, 0.25) is 0 Å². The van der Waals surface area contributed by atoms with Gasteiger partial charge in [-0.2, -0.15) is 0 Å². The molecule has 0 unspecified atom stereocenters. The van der Waals surface area contributed by atoms with Gasteiger partial charge >= 0.3 is 11.9 Å². The largest absolute Gasteiger partial charge is 0.480 e. The normalized spacial score (nSPS) is 23.3. The second kappa shape index (κ2) is 6.15. The number of esters is 2. The topological polar surface area (TPSA) is 61.8 Å². The Morgan fingerprint density at radius 3 is 2.32 bits per heavy atom. The number of allylic oxidation sites excluding steroid dienone is 1. The van der Waals surface area contributed by atoms with E-state index in [-0.39, 0.29) is 12.6 Å². The molecule has 1 rings (SSSR count). The molecule has 0 aromatic carbocycles. The summed E-state index contributed by atoms with van der Waals surface area (Å²) in [5.74, 6) is -0.373. The summed E-state index contributed by atoms with van der Waals surface area (Å²) in [6.07, 6.45) is 4.73. The van der Waals surface area contributed by atoms with E-state index in [2.05, 4.69) is 0 Å². The Balaban J connectivity index is 2.60. The lowest BCUT2D eigenvalue weighted by molar-refractivity contribution is -0.158. The van der Waals surface area contributed by atoms with Crippen molar-refractivity contribution in [3.8, 4) is 0 Å². The van der Waals surface area contributed by atoms with Crippen molar-refractivity contribution in [2.75, 3.05) is 6.61 Å². The fourth-order valence-corrected chi connectivity index (χ4v) is 1.62. The highest BCUT2D eigenvalue weighted by Gasteiger charge is 2.33. The zero-order chi connectivity index (χ0) is 17.2. The third-order valence-electron chi connectivity index (χ3n) is 2.72. The summed E-state index contributed by atoms with van der Waals surface area (Å²) in [5, 5.41) is 0. The van der Waals surface area contributed by atoms with Gasteiger partial charge in [-0.05, 0) is 60.6 Å². The first-order valence-electron chi connectivity index (χ1n) is 7.31. The van der Waals surface area contributed by atoms with Gasteiger partial charge in [0.25, 0.3) is 0 Å². The number of rotatable bonds is 3. The standard InChI is InChI=1S/C17H26O5/c1-15(2,3)14(19)20-11-17(7)9-8-12(21-17)10-13(18)22-16(4,5)6/h8-10H,11H2,1-7H3/b12-10+/t17-/m0/s1. The fourth-order valence-electron chi connectivity index (χ4n) is 1.62. The zero-order valence-corrected chi connectivity index (χ0v) is 14.5. The van der Waals surface area contributed by atoms with Crippen LogP contribution in [0.25, 0.3) is 0 Å². The molecule has 1 aliphatic heterocycles. The van der Waals surface area contributed by atoms with Crippen LogP contribution in [0.15, 0.2) is 24.0 Å². The molecular weight excluding hydrogens is 284 g/mol. The lowest BCUT2D eigenvalue weighted by atomic mass is 9.97. The number of carbonyl (C=O) groups is 2. The van der Waals surface area contributed by atoms with Gasteiger partial charge in [-0.3, -0.25) is 4.79 Å². The molecule has 1 aliphatic rings. The van der Waals surface area contributed by atoms with Crippen molar-refractivity contribution in [1.29, 1.82) is 0 Å². The Bertz CT molecular complexity index is 502. The van der Waals surface area contributed by atoms with Crippen molar-refractivity contribution in [3.63, 3.8) is 0 Å². The van der Waals surface area contributed by atoms with Crippen LogP contribution in [0, 0.1) is 5.41 Å². The summed E-state index contributed by atoms with van der Waals surface area (Å²) < 4.78 is 16.1. The first-order valence-corrected chi connectivity index (χ1v) is 7.31. The summed E-state index contributed by atoms with van der Waals surface area (Å²) in [6, 6.07) is 0. The Morgan fingerprint density at radius 1 is 1.23 bits per heavy atom. The minimum absolute atomic E-state index is 0.0886. The maximum absolute atomic E-state index is 11.8. The highest BCUT2D eigenvalue weighted by Crippen LogP contribution is 2.27. The second-order valence-electron chi connectivity index (χ2n) is 7.65. The fraction of sp³-hybridized carbons (Fsp3) is 0.647. The first kappa shape index (κ1) is 18.3. The second-order valence-corrected chi connectivity index (χ2v) is 7.65. The van der Waals surface area contributed by atoms with Crippen LogP contribution in [0.4, 0.5) is 0 Å². The van der Waals surface area contributed by atoms with Crippen molar-refractivity contribution < 1.29 is 23.8 Å². The number of hydrogen-bond acceptors (Lipinski definition) is 5. The molecule has 1 atom stereocenters. The predicted octanol–water partition coefficient (Wildman–Crippen LogP) is 3.15. The van der Waals surface area contributed by atoms with E-state index in [0.29, 0.717) is 5.76 Å². The minimum atomic E-state index is -0.769. The molecule has 124 valence electrons. The van der Waals surface area contributed by atoms with Crippen molar-refractivity contribution >= 4 is 11.9 Å². The molecule has 22 heavy (non-hydrogen) atoms. The van der Waals surface area contributed by atoms with Gasteiger partial charge in [0.15, 0.2) is 5.60 Å². The van der Waals surface area contributed by atoms with Gasteiger partial charge in [-0.1, -0.05) is 0 Å². The maximum atomic E-state index is 11.8. The van der Waals surface area contributed by atoms with E-state index in [9.17, 15) is 9.59 Å². The van der Waals surface area contributed by atoms with E-state index in [4.69, 9.17) is 14.2 Å². The maximum Gasteiger partial charge on any atom is 0.335 e. The molecule has 0 bridgehead atoms. The van der Waals surface area contributed by atoms with E-state index in [1.807, 2.05) is 0 Å². The molecule has 0 N–H and O–H groups in total. The molecule has 0 saturated heterocycles. The van der Waals surface area contributed by atoms with Gasteiger partial charge < -0.3 is 14.2 Å². The zero-order valence-electron chi connectivity index (χ0n) is 14.5. The summed E-state index contributed by atoms with van der Waals surface area (Å²) in [5.41, 5.74) is -1.88. The Labute approximate surface area is 132 Å². The van der Waals surface area contributed by atoms with E-state index < -0.39 is 22.6 Å². The van der Waals surface area contributed by atoms with Crippen molar-refractivity contribution in [2.45, 2.75) is 59.7 Å². The molecule has 0 aliphatic carbocycles. The summed E-state index contributed by atoms with van der Waals surface area (Å²) in [7, 11) is 0. The quantitative estimate of drug-likeness (QED) is 0.592. The van der Waals surface area contributed by atoms with Crippen LogP contribution in [-0.4, -0.2) is 29.7 Å². The predicted molar refractivity (Wildman–Crippen MR) is 83.0 cm³/mol. The van der Waals surface area contributed by atoms with Gasteiger partial charge in [-0.25, -0.2) is 4.79 Å². The third-order valence-corrected chi connectivity index (χ3v) is 2.72. The van der Waals surface area contributed by atoms with Crippen LogP contribution in [0.1, 0.15) is 48.5 Å². The number of carbonyl (C=O) groups excluding carboxylic acids is 2. The lowest BCUT2D eigenvalue weighted by Gasteiger charge is -2.25. The van der Waals surface area contributed by atoms with E-state index in [0.717, 1.165) is 0 Å². The van der Waals surface area contributed by atoms with Crippen molar-refractivity contribution in [3.05, 3.63) is 24.0 Å². The Hall–Kier alpha value is -1.78. The van der Waals surface area contributed by atoms with E-state index >= 15 is 0 Å². The van der Waals surface area contributed by atoms with Crippen LogP contribution >= 0.6 is 0 Å². The highest BCUT2D eigenvalue weighted by molar-refractivity contribution is 5.83. The molecule has 0 fully saturated rings. The van der Waals surface area contributed by atoms with Gasteiger partial charge in [0.1, 0.15) is 18.0 Å².